The van der Waals surface area contributed by atoms with Gasteiger partial charge in [-0.1, -0.05) is 17.7 Å². The summed E-state index contributed by atoms with van der Waals surface area (Å²) in [6.45, 7) is 0.796. The molecule has 1 saturated heterocycles. The van der Waals surface area contributed by atoms with E-state index in [1.165, 1.54) is 16.4 Å². The number of ether oxygens (including phenoxy) is 1. The van der Waals surface area contributed by atoms with E-state index >= 15 is 0 Å². The molecule has 0 aliphatic carbocycles. The molecule has 2 aromatic carbocycles. The lowest BCUT2D eigenvalue weighted by Gasteiger charge is -2.26. The topological polar surface area (TPSA) is 109 Å². The van der Waals surface area contributed by atoms with Gasteiger partial charge in [-0.25, -0.2) is 17.6 Å². The van der Waals surface area contributed by atoms with Crippen molar-refractivity contribution in [2.45, 2.75) is 11.4 Å². The van der Waals surface area contributed by atoms with Crippen LogP contribution in [0.15, 0.2) is 45.7 Å². The summed E-state index contributed by atoms with van der Waals surface area (Å²) in [5.74, 6) is -0.473. The number of carboxylic acid groups (broad SMARTS) is 1. The van der Waals surface area contributed by atoms with E-state index in [0.29, 0.717) is 27.9 Å². The van der Waals surface area contributed by atoms with Crippen LogP contribution in [0.2, 0.25) is 5.02 Å². The summed E-state index contributed by atoms with van der Waals surface area (Å²) in [5.41, 5.74) is 1.40. The highest BCUT2D eigenvalue weighted by molar-refractivity contribution is 7.89. The quantitative estimate of drug-likeness (QED) is 0.591. The van der Waals surface area contributed by atoms with Crippen molar-refractivity contribution in [2.75, 3.05) is 26.3 Å². The molecule has 164 valence electrons. The predicted octanol–water partition coefficient (Wildman–Crippen LogP) is 3.68. The summed E-state index contributed by atoms with van der Waals surface area (Å²) >= 11 is 6.33. The Balaban J connectivity index is 1.72. The SMILES string of the molecule is O=C(O)NCc1cc2cc(-c3ccc(F)c(S(=O)(=O)N4CCOCC4)c3)cc(Cl)c2o1. The van der Waals surface area contributed by atoms with Gasteiger partial charge in [0, 0.05) is 18.5 Å². The highest BCUT2D eigenvalue weighted by Gasteiger charge is 2.29. The van der Waals surface area contributed by atoms with Crippen molar-refractivity contribution >= 4 is 38.7 Å². The van der Waals surface area contributed by atoms with Gasteiger partial charge in [0.1, 0.15) is 16.5 Å². The molecular formula is C20H18ClFN2O6S. The van der Waals surface area contributed by atoms with Crippen molar-refractivity contribution in [3.8, 4) is 11.1 Å². The molecule has 11 heteroatoms. The minimum absolute atomic E-state index is 0.0336. The van der Waals surface area contributed by atoms with Gasteiger partial charge >= 0.3 is 6.09 Å². The predicted molar refractivity (Wildman–Crippen MR) is 111 cm³/mol. The number of hydrogen-bond donors (Lipinski definition) is 2. The molecule has 3 aromatic rings. The summed E-state index contributed by atoms with van der Waals surface area (Å²) in [4.78, 5) is 10.3. The van der Waals surface area contributed by atoms with Gasteiger partial charge in [0.05, 0.1) is 24.8 Å². The van der Waals surface area contributed by atoms with Crippen molar-refractivity contribution in [1.29, 1.82) is 0 Å². The average Bonchev–Trinajstić information content (AvgIpc) is 3.17. The van der Waals surface area contributed by atoms with Gasteiger partial charge in [0.2, 0.25) is 10.0 Å². The van der Waals surface area contributed by atoms with Crippen LogP contribution in [0.5, 0.6) is 0 Å². The Labute approximate surface area is 182 Å². The van der Waals surface area contributed by atoms with E-state index in [1.54, 1.807) is 18.2 Å². The fraction of sp³-hybridized carbons (Fsp3) is 0.250. The molecule has 1 aliphatic rings. The van der Waals surface area contributed by atoms with Crippen LogP contribution in [0.4, 0.5) is 9.18 Å². The molecule has 1 aromatic heterocycles. The molecule has 4 rings (SSSR count). The van der Waals surface area contributed by atoms with Gasteiger partial charge in [0.25, 0.3) is 0 Å². The first-order valence-corrected chi connectivity index (χ1v) is 11.1. The zero-order valence-corrected chi connectivity index (χ0v) is 17.7. The molecule has 1 fully saturated rings. The second kappa shape index (κ2) is 8.46. The number of furan rings is 1. The van der Waals surface area contributed by atoms with Crippen molar-refractivity contribution in [1.82, 2.24) is 9.62 Å². The van der Waals surface area contributed by atoms with Gasteiger partial charge < -0.3 is 19.6 Å². The number of hydrogen-bond acceptors (Lipinski definition) is 5. The van der Waals surface area contributed by atoms with E-state index < -0.39 is 26.8 Å². The van der Waals surface area contributed by atoms with Crippen molar-refractivity contribution in [3.05, 3.63) is 53.0 Å². The number of amides is 1. The van der Waals surface area contributed by atoms with Gasteiger partial charge in [-0.05, 0) is 41.5 Å². The average molecular weight is 469 g/mol. The molecule has 0 atom stereocenters. The Kier molecular flexibility index (Phi) is 5.89. The Hall–Kier alpha value is -2.66. The normalized spacial score (nSPS) is 15.3. The molecule has 0 unspecified atom stereocenters. The first kappa shape index (κ1) is 21.6. The third-order valence-corrected chi connectivity index (χ3v) is 7.08. The number of carbonyl (C=O) groups is 1. The van der Waals surface area contributed by atoms with Crippen LogP contribution in [-0.2, 0) is 21.3 Å². The molecule has 0 spiro atoms. The molecule has 0 radical (unpaired) electrons. The van der Waals surface area contributed by atoms with Gasteiger partial charge in [-0.15, -0.1) is 0 Å². The van der Waals surface area contributed by atoms with Crippen LogP contribution in [0, 0.1) is 5.82 Å². The molecule has 2 N–H and O–H groups in total. The smallest absolute Gasteiger partial charge is 0.405 e. The fourth-order valence-electron chi connectivity index (χ4n) is 3.39. The van der Waals surface area contributed by atoms with Gasteiger partial charge in [-0.3, -0.25) is 0 Å². The number of rotatable bonds is 5. The third kappa shape index (κ3) is 4.38. The van der Waals surface area contributed by atoms with Crippen molar-refractivity contribution in [2.24, 2.45) is 0 Å². The Morgan fingerprint density at radius 1 is 1.16 bits per heavy atom. The molecule has 1 amide bonds. The minimum atomic E-state index is -4.02. The van der Waals surface area contributed by atoms with Crippen LogP contribution in [0.3, 0.4) is 0 Å². The highest BCUT2D eigenvalue weighted by atomic mass is 35.5. The number of nitrogens with zero attached hydrogens (tertiary/aromatic N) is 1. The van der Waals surface area contributed by atoms with E-state index in [4.69, 9.17) is 25.9 Å². The Morgan fingerprint density at radius 3 is 2.61 bits per heavy atom. The number of nitrogens with one attached hydrogen (secondary N) is 1. The summed E-state index contributed by atoms with van der Waals surface area (Å²) in [6.07, 6.45) is -1.19. The fourth-order valence-corrected chi connectivity index (χ4v) is 5.15. The van der Waals surface area contributed by atoms with E-state index in [1.807, 2.05) is 0 Å². The zero-order chi connectivity index (χ0) is 22.2. The molecule has 1 aliphatic heterocycles. The molecule has 0 saturated carbocycles. The lowest BCUT2D eigenvalue weighted by Crippen LogP contribution is -2.40. The van der Waals surface area contributed by atoms with E-state index in [0.717, 1.165) is 6.07 Å². The van der Waals surface area contributed by atoms with Crippen molar-refractivity contribution < 1.29 is 31.9 Å². The highest BCUT2D eigenvalue weighted by Crippen LogP contribution is 2.34. The first-order chi connectivity index (χ1) is 14.8. The zero-order valence-electron chi connectivity index (χ0n) is 16.1. The number of sulfonamides is 1. The number of fused-ring (bicyclic) bond motifs is 1. The van der Waals surface area contributed by atoms with Gasteiger partial charge in [0.15, 0.2) is 5.58 Å². The first-order valence-electron chi connectivity index (χ1n) is 9.32. The Bertz CT molecular complexity index is 1250. The molecule has 2 heterocycles. The van der Waals surface area contributed by atoms with Crippen LogP contribution >= 0.6 is 11.6 Å². The number of morpholine rings is 1. The lowest BCUT2D eigenvalue weighted by atomic mass is 10.0. The second-order valence-corrected chi connectivity index (χ2v) is 9.22. The largest absolute Gasteiger partial charge is 0.465 e. The standard InChI is InChI=1S/C20H18ClFN2O6S/c21-16-9-13(7-14-8-15(30-19(14)16)11-23-20(25)26)12-1-2-17(22)18(10-12)31(27,28)24-3-5-29-6-4-24/h1-2,7-10,23H,3-6,11H2,(H,25,26). The molecule has 0 bridgehead atoms. The van der Waals surface area contributed by atoms with E-state index in [2.05, 4.69) is 5.32 Å². The molecule has 31 heavy (non-hydrogen) atoms. The molecular weight excluding hydrogens is 451 g/mol. The number of benzene rings is 2. The maximum atomic E-state index is 14.5. The maximum absolute atomic E-state index is 14.5. The van der Waals surface area contributed by atoms with Crippen LogP contribution in [0.25, 0.3) is 22.1 Å². The Morgan fingerprint density at radius 2 is 1.90 bits per heavy atom. The summed E-state index contributed by atoms with van der Waals surface area (Å²) in [6, 6.07) is 8.80. The summed E-state index contributed by atoms with van der Waals surface area (Å²) in [7, 11) is -4.02. The lowest BCUT2D eigenvalue weighted by molar-refractivity contribution is 0.0729. The van der Waals surface area contributed by atoms with E-state index in [-0.39, 0.29) is 37.9 Å². The number of halogens is 2. The van der Waals surface area contributed by atoms with Crippen LogP contribution < -0.4 is 5.32 Å². The minimum Gasteiger partial charge on any atom is -0.465 e. The van der Waals surface area contributed by atoms with Crippen LogP contribution in [0.1, 0.15) is 5.76 Å². The molecule has 8 nitrogen and oxygen atoms in total. The van der Waals surface area contributed by atoms with Crippen LogP contribution in [-0.4, -0.2) is 50.2 Å². The van der Waals surface area contributed by atoms with Crippen molar-refractivity contribution in [3.63, 3.8) is 0 Å². The third-order valence-electron chi connectivity index (χ3n) is 4.89. The van der Waals surface area contributed by atoms with E-state index in [9.17, 15) is 17.6 Å². The van der Waals surface area contributed by atoms with Gasteiger partial charge in [-0.2, -0.15) is 4.31 Å². The second-order valence-electron chi connectivity index (χ2n) is 6.91. The maximum Gasteiger partial charge on any atom is 0.405 e. The summed E-state index contributed by atoms with van der Waals surface area (Å²) < 4.78 is 52.3. The monoisotopic (exact) mass is 468 g/mol. The summed E-state index contributed by atoms with van der Waals surface area (Å²) in [5, 5.41) is 11.8.